The minimum absolute atomic E-state index is 0.526. The molecule has 0 atom stereocenters. The van der Waals surface area contributed by atoms with Gasteiger partial charge in [-0.1, -0.05) is 23.2 Å². The summed E-state index contributed by atoms with van der Waals surface area (Å²) in [5.41, 5.74) is 1.49. The Bertz CT molecular complexity index is 700. The van der Waals surface area contributed by atoms with Crippen molar-refractivity contribution in [2.75, 3.05) is 0 Å². The Labute approximate surface area is 107 Å². The average Bonchev–Trinajstić information content (AvgIpc) is 2.83. The number of aromatic amines is 1. The number of fused-ring (bicyclic) bond motifs is 1. The summed E-state index contributed by atoms with van der Waals surface area (Å²) >= 11 is 12.0. The Morgan fingerprint density at radius 3 is 2.76 bits per heavy atom. The largest absolute Gasteiger partial charge is 0.458 e. The number of hydrogen-bond acceptors (Lipinski definition) is 2. The molecule has 0 bridgehead atoms. The second-order valence-electron chi connectivity index (χ2n) is 3.78. The molecule has 0 aliphatic rings. The van der Waals surface area contributed by atoms with Crippen LogP contribution in [0.3, 0.4) is 0 Å². The molecule has 0 spiro atoms. The average molecular weight is 267 g/mol. The van der Waals surface area contributed by atoms with Crippen LogP contribution in [0.25, 0.3) is 22.6 Å². The van der Waals surface area contributed by atoms with Crippen molar-refractivity contribution in [1.82, 2.24) is 9.97 Å². The normalized spacial score (nSPS) is 11.2. The molecule has 2 heterocycles. The number of halogens is 2. The second-order valence-corrected chi connectivity index (χ2v) is 4.62. The van der Waals surface area contributed by atoms with Gasteiger partial charge in [0, 0.05) is 5.02 Å². The van der Waals surface area contributed by atoms with Gasteiger partial charge >= 0.3 is 0 Å². The topological polar surface area (TPSA) is 41.8 Å². The number of nitrogens with zero attached hydrogens (tertiary/aromatic N) is 1. The standard InChI is InChI=1S/C12H8Cl2N2O/c1-6-2-3-10(17-6)12-15-9-5-7(13)4-8(14)11(9)16-12/h2-5H,1H3,(H,15,16). The van der Waals surface area contributed by atoms with E-state index in [1.54, 1.807) is 12.1 Å². The van der Waals surface area contributed by atoms with Crippen LogP contribution in [0.15, 0.2) is 28.7 Å². The van der Waals surface area contributed by atoms with Crippen LogP contribution in [0, 0.1) is 6.92 Å². The van der Waals surface area contributed by atoms with Gasteiger partial charge in [-0.15, -0.1) is 0 Å². The lowest BCUT2D eigenvalue weighted by molar-refractivity contribution is 0.545. The fourth-order valence-electron chi connectivity index (χ4n) is 1.72. The number of rotatable bonds is 1. The van der Waals surface area contributed by atoms with Crippen LogP contribution in [0.2, 0.25) is 10.0 Å². The smallest absolute Gasteiger partial charge is 0.174 e. The molecule has 0 amide bonds. The van der Waals surface area contributed by atoms with Crippen LogP contribution in [0.1, 0.15) is 5.76 Å². The van der Waals surface area contributed by atoms with Gasteiger partial charge in [-0.2, -0.15) is 0 Å². The number of benzene rings is 1. The van der Waals surface area contributed by atoms with Gasteiger partial charge in [-0.05, 0) is 31.2 Å². The van der Waals surface area contributed by atoms with Crippen molar-refractivity contribution in [3.8, 4) is 11.6 Å². The Morgan fingerprint density at radius 1 is 1.24 bits per heavy atom. The Hall–Kier alpha value is -1.45. The molecule has 0 aliphatic heterocycles. The van der Waals surface area contributed by atoms with Crippen LogP contribution in [-0.2, 0) is 0 Å². The highest BCUT2D eigenvalue weighted by Crippen LogP contribution is 2.29. The van der Waals surface area contributed by atoms with Crippen LogP contribution < -0.4 is 0 Å². The molecule has 0 aliphatic carbocycles. The van der Waals surface area contributed by atoms with Crippen LogP contribution in [0.5, 0.6) is 0 Å². The molecule has 1 N–H and O–H groups in total. The third-order valence-corrected chi connectivity index (χ3v) is 2.98. The van der Waals surface area contributed by atoms with E-state index in [0.717, 1.165) is 11.3 Å². The first-order valence-electron chi connectivity index (χ1n) is 5.05. The van der Waals surface area contributed by atoms with Gasteiger partial charge in [0.15, 0.2) is 11.6 Å². The van der Waals surface area contributed by atoms with Gasteiger partial charge in [-0.3, -0.25) is 0 Å². The number of nitrogens with one attached hydrogen (secondary N) is 1. The Kier molecular flexibility index (Phi) is 2.38. The molecule has 0 saturated carbocycles. The zero-order valence-electron chi connectivity index (χ0n) is 8.92. The molecule has 2 aromatic heterocycles. The lowest BCUT2D eigenvalue weighted by Crippen LogP contribution is -1.74. The SMILES string of the molecule is Cc1ccc(-c2nc3c(Cl)cc(Cl)cc3[nH]2)o1. The monoisotopic (exact) mass is 266 g/mol. The maximum atomic E-state index is 6.07. The minimum atomic E-state index is 0.526. The number of furan rings is 1. The summed E-state index contributed by atoms with van der Waals surface area (Å²) in [6.45, 7) is 1.88. The number of hydrogen-bond donors (Lipinski definition) is 1. The van der Waals surface area contributed by atoms with Crippen LogP contribution in [0.4, 0.5) is 0 Å². The molecule has 3 nitrogen and oxygen atoms in total. The van der Waals surface area contributed by atoms with E-state index in [9.17, 15) is 0 Å². The molecule has 5 heteroatoms. The van der Waals surface area contributed by atoms with Gasteiger partial charge in [-0.25, -0.2) is 4.98 Å². The summed E-state index contributed by atoms with van der Waals surface area (Å²) < 4.78 is 5.50. The molecule has 3 aromatic rings. The first-order chi connectivity index (χ1) is 8.13. The van der Waals surface area contributed by atoms with Gasteiger partial charge in [0.1, 0.15) is 11.3 Å². The van der Waals surface area contributed by atoms with E-state index in [-0.39, 0.29) is 0 Å². The first kappa shape index (κ1) is 10.7. The van der Waals surface area contributed by atoms with E-state index >= 15 is 0 Å². The third-order valence-electron chi connectivity index (χ3n) is 2.48. The van der Waals surface area contributed by atoms with Gasteiger partial charge in [0.05, 0.1) is 10.5 Å². The summed E-state index contributed by atoms with van der Waals surface area (Å²) in [4.78, 5) is 7.53. The highest BCUT2D eigenvalue weighted by molar-refractivity contribution is 6.38. The predicted molar refractivity (Wildman–Crippen MR) is 68.6 cm³/mol. The van der Waals surface area contributed by atoms with Crippen molar-refractivity contribution in [1.29, 1.82) is 0 Å². The van der Waals surface area contributed by atoms with Crippen molar-refractivity contribution in [3.63, 3.8) is 0 Å². The van der Waals surface area contributed by atoms with Gasteiger partial charge < -0.3 is 9.40 Å². The van der Waals surface area contributed by atoms with Crippen LogP contribution in [-0.4, -0.2) is 9.97 Å². The summed E-state index contributed by atoms with van der Waals surface area (Å²) in [7, 11) is 0. The molecule has 1 aromatic carbocycles. The van der Waals surface area contributed by atoms with E-state index in [0.29, 0.717) is 27.1 Å². The number of aromatic nitrogens is 2. The third kappa shape index (κ3) is 1.81. The maximum Gasteiger partial charge on any atom is 0.174 e. The molecule has 17 heavy (non-hydrogen) atoms. The minimum Gasteiger partial charge on any atom is -0.458 e. The zero-order chi connectivity index (χ0) is 12.0. The number of aryl methyl sites for hydroxylation is 1. The number of H-pyrrole nitrogens is 1. The van der Waals surface area contributed by atoms with E-state index in [1.807, 2.05) is 19.1 Å². The lowest BCUT2D eigenvalue weighted by atomic mass is 10.3. The quantitative estimate of drug-likeness (QED) is 0.708. The predicted octanol–water partition coefficient (Wildman–Crippen LogP) is 4.44. The molecule has 3 rings (SSSR count). The highest BCUT2D eigenvalue weighted by Gasteiger charge is 2.11. The molecule has 0 unspecified atom stereocenters. The summed E-state index contributed by atoms with van der Waals surface area (Å²) in [6, 6.07) is 7.21. The van der Waals surface area contributed by atoms with Gasteiger partial charge in [0.2, 0.25) is 0 Å². The molecule has 0 fully saturated rings. The van der Waals surface area contributed by atoms with E-state index in [4.69, 9.17) is 27.6 Å². The lowest BCUT2D eigenvalue weighted by Gasteiger charge is -1.92. The van der Waals surface area contributed by atoms with Gasteiger partial charge in [0.25, 0.3) is 0 Å². The highest BCUT2D eigenvalue weighted by atomic mass is 35.5. The second kappa shape index (κ2) is 3.79. The maximum absolute atomic E-state index is 6.07. The van der Waals surface area contributed by atoms with Crippen LogP contribution >= 0.6 is 23.2 Å². The van der Waals surface area contributed by atoms with Crippen molar-refractivity contribution in [2.24, 2.45) is 0 Å². The summed E-state index contributed by atoms with van der Waals surface area (Å²) in [5, 5.41) is 1.10. The van der Waals surface area contributed by atoms with Crippen molar-refractivity contribution in [2.45, 2.75) is 6.92 Å². The first-order valence-corrected chi connectivity index (χ1v) is 5.80. The van der Waals surface area contributed by atoms with Crippen molar-refractivity contribution < 1.29 is 4.42 Å². The Morgan fingerprint density at radius 2 is 2.06 bits per heavy atom. The van der Waals surface area contributed by atoms with E-state index in [1.165, 1.54) is 0 Å². The Balaban J connectivity index is 2.23. The fraction of sp³-hybridized carbons (Fsp3) is 0.0833. The van der Waals surface area contributed by atoms with E-state index < -0.39 is 0 Å². The molecular formula is C12H8Cl2N2O. The number of imidazole rings is 1. The molecule has 86 valence electrons. The summed E-state index contributed by atoms with van der Waals surface area (Å²) in [5.74, 6) is 2.17. The fourth-order valence-corrected chi connectivity index (χ4v) is 2.26. The molecular weight excluding hydrogens is 259 g/mol. The van der Waals surface area contributed by atoms with E-state index in [2.05, 4.69) is 9.97 Å². The van der Waals surface area contributed by atoms with Crippen molar-refractivity contribution in [3.05, 3.63) is 40.1 Å². The zero-order valence-corrected chi connectivity index (χ0v) is 10.4. The molecule has 0 radical (unpaired) electrons. The van der Waals surface area contributed by atoms with Crippen molar-refractivity contribution >= 4 is 34.2 Å². The summed E-state index contributed by atoms with van der Waals surface area (Å²) in [6.07, 6.45) is 0. The molecule has 0 saturated heterocycles.